The third kappa shape index (κ3) is 2.34. The Morgan fingerprint density at radius 3 is 2.63 bits per heavy atom. The average Bonchev–Trinajstić information content (AvgIpc) is 2.70. The number of aromatic nitrogens is 2. The van der Waals surface area contributed by atoms with Gasteiger partial charge in [-0.3, -0.25) is 14.3 Å². The molecular formula is C11H15FN2O5. The first-order chi connectivity index (χ1) is 8.99. The maximum Gasteiger partial charge on any atom is 0.330 e. The maximum atomic E-state index is 14.1. The molecule has 0 bridgehead atoms. The van der Waals surface area contributed by atoms with Crippen LogP contribution in [-0.2, 0) is 4.74 Å². The molecule has 1 aliphatic rings. The Hall–Kier alpha value is -1.51. The number of aliphatic hydroxyl groups is 2. The lowest BCUT2D eigenvalue weighted by Gasteiger charge is -2.16. The summed E-state index contributed by atoms with van der Waals surface area (Å²) in [5.41, 5.74) is -1.10. The first-order valence-corrected chi connectivity index (χ1v) is 5.83. The fourth-order valence-corrected chi connectivity index (χ4v) is 2.16. The Bertz CT molecular complexity index is 569. The molecule has 106 valence electrons. The fourth-order valence-electron chi connectivity index (χ4n) is 2.16. The highest BCUT2D eigenvalue weighted by Gasteiger charge is 2.45. The van der Waals surface area contributed by atoms with Gasteiger partial charge in [0, 0.05) is 17.7 Å². The second-order valence-electron chi connectivity index (χ2n) is 4.52. The van der Waals surface area contributed by atoms with E-state index in [9.17, 15) is 14.0 Å². The number of alkyl halides is 1. The lowest BCUT2D eigenvalue weighted by Crippen LogP contribution is -2.36. The number of halogens is 1. The number of H-pyrrole nitrogens is 1. The van der Waals surface area contributed by atoms with E-state index in [1.807, 2.05) is 0 Å². The molecule has 0 aliphatic carbocycles. The van der Waals surface area contributed by atoms with E-state index in [-0.39, 0.29) is 5.56 Å². The minimum atomic E-state index is -1.65. The van der Waals surface area contributed by atoms with Crippen LogP contribution in [0.15, 0.2) is 15.8 Å². The first-order valence-electron chi connectivity index (χ1n) is 5.83. The number of nitrogens with zero attached hydrogens (tertiary/aromatic N) is 1. The van der Waals surface area contributed by atoms with Gasteiger partial charge in [0.1, 0.15) is 0 Å². The molecule has 0 saturated carbocycles. The zero-order chi connectivity index (χ0) is 14.2. The molecule has 1 saturated heterocycles. The predicted molar refractivity (Wildman–Crippen MR) is 62.5 cm³/mol. The first kappa shape index (κ1) is 13.9. The molecule has 0 amide bonds. The number of aliphatic hydroxyl groups excluding tert-OH is 2. The van der Waals surface area contributed by atoms with E-state index >= 15 is 0 Å². The van der Waals surface area contributed by atoms with E-state index in [0.717, 1.165) is 4.57 Å². The van der Waals surface area contributed by atoms with Crippen LogP contribution in [-0.4, -0.2) is 45.3 Å². The van der Waals surface area contributed by atoms with E-state index in [0.29, 0.717) is 0 Å². The Morgan fingerprint density at radius 1 is 1.42 bits per heavy atom. The number of nitrogens with one attached hydrogen (secondary N) is 1. The van der Waals surface area contributed by atoms with Gasteiger partial charge in [-0.1, -0.05) is 0 Å². The second kappa shape index (κ2) is 5.24. The summed E-state index contributed by atoms with van der Waals surface area (Å²) in [6.45, 7) is 0.517. The number of aromatic amines is 1. The van der Waals surface area contributed by atoms with Crippen molar-refractivity contribution < 1.29 is 19.3 Å². The molecule has 4 atom stereocenters. The van der Waals surface area contributed by atoms with Crippen molar-refractivity contribution in [3.8, 4) is 0 Å². The molecule has 1 aromatic rings. The molecule has 7 nitrogen and oxygen atoms in total. The quantitative estimate of drug-likeness (QED) is 0.634. The standard InChI is InChI=1S/C11H15FN2O5/c1-5-2-14(11(18)13-9(5)17)10-8(12)6(3-15)7(4-16)19-10/h2,6-8,10,15-16H,3-4H2,1H3,(H,13,17,18)/t6-,7-,8+,10-/m1/s1. The monoisotopic (exact) mass is 274 g/mol. The zero-order valence-electron chi connectivity index (χ0n) is 10.2. The van der Waals surface area contributed by atoms with E-state index in [1.165, 1.54) is 13.1 Å². The van der Waals surface area contributed by atoms with Gasteiger partial charge in [-0.15, -0.1) is 0 Å². The smallest absolute Gasteiger partial charge is 0.330 e. The SMILES string of the molecule is Cc1cn([C@@H]2O[C@H](CO)[C@@H](CO)[C@@H]2F)c(=O)[nH]c1=O. The average molecular weight is 274 g/mol. The van der Waals surface area contributed by atoms with Gasteiger partial charge in [0.05, 0.1) is 19.3 Å². The Morgan fingerprint density at radius 2 is 2.11 bits per heavy atom. The number of aryl methyl sites for hydroxylation is 1. The van der Waals surface area contributed by atoms with E-state index in [1.54, 1.807) is 0 Å². The summed E-state index contributed by atoms with van der Waals surface area (Å²) in [7, 11) is 0. The Kier molecular flexibility index (Phi) is 3.83. The van der Waals surface area contributed by atoms with Gasteiger partial charge in [0.15, 0.2) is 12.4 Å². The van der Waals surface area contributed by atoms with Crippen molar-refractivity contribution >= 4 is 0 Å². The summed E-state index contributed by atoms with van der Waals surface area (Å²) in [5.74, 6) is -0.908. The summed E-state index contributed by atoms with van der Waals surface area (Å²) < 4.78 is 20.3. The van der Waals surface area contributed by atoms with E-state index in [4.69, 9.17) is 14.9 Å². The number of ether oxygens (including phenoxy) is 1. The van der Waals surface area contributed by atoms with Crippen molar-refractivity contribution in [3.05, 3.63) is 32.6 Å². The van der Waals surface area contributed by atoms with Gasteiger partial charge >= 0.3 is 5.69 Å². The topological polar surface area (TPSA) is 105 Å². The highest BCUT2D eigenvalue weighted by atomic mass is 19.1. The van der Waals surface area contributed by atoms with Gasteiger partial charge in [0.25, 0.3) is 5.56 Å². The highest BCUT2D eigenvalue weighted by molar-refractivity contribution is 5.03. The maximum absolute atomic E-state index is 14.1. The van der Waals surface area contributed by atoms with Crippen LogP contribution in [0.5, 0.6) is 0 Å². The number of hydrogen-bond donors (Lipinski definition) is 3. The largest absolute Gasteiger partial charge is 0.396 e. The molecule has 0 aromatic carbocycles. The highest BCUT2D eigenvalue weighted by Crippen LogP contribution is 2.35. The normalized spacial score (nSPS) is 30.7. The molecule has 8 heteroatoms. The number of hydrogen-bond acceptors (Lipinski definition) is 5. The molecule has 0 unspecified atom stereocenters. The summed E-state index contributed by atoms with van der Waals surface area (Å²) in [4.78, 5) is 24.9. The summed E-state index contributed by atoms with van der Waals surface area (Å²) in [6, 6.07) is 0. The summed E-state index contributed by atoms with van der Waals surface area (Å²) >= 11 is 0. The van der Waals surface area contributed by atoms with Gasteiger partial charge in [-0.05, 0) is 6.92 Å². The Labute approximate surface area is 107 Å². The van der Waals surface area contributed by atoms with Crippen LogP contribution in [0.2, 0.25) is 0 Å². The minimum absolute atomic E-state index is 0.239. The van der Waals surface area contributed by atoms with Crippen molar-refractivity contribution in [1.82, 2.24) is 9.55 Å². The summed E-state index contributed by atoms with van der Waals surface area (Å²) in [5, 5.41) is 18.2. The molecule has 1 aromatic heterocycles. The molecule has 19 heavy (non-hydrogen) atoms. The zero-order valence-corrected chi connectivity index (χ0v) is 10.2. The van der Waals surface area contributed by atoms with Crippen LogP contribution in [0, 0.1) is 12.8 Å². The Balaban J connectivity index is 2.41. The lowest BCUT2D eigenvalue weighted by atomic mass is 10.0. The van der Waals surface area contributed by atoms with Crippen LogP contribution in [0.4, 0.5) is 4.39 Å². The van der Waals surface area contributed by atoms with Crippen molar-refractivity contribution in [3.63, 3.8) is 0 Å². The van der Waals surface area contributed by atoms with Gasteiger partial charge in [0.2, 0.25) is 0 Å². The van der Waals surface area contributed by atoms with Crippen molar-refractivity contribution in [2.75, 3.05) is 13.2 Å². The van der Waals surface area contributed by atoms with Crippen LogP contribution in [0.1, 0.15) is 11.8 Å². The third-order valence-corrected chi connectivity index (χ3v) is 3.28. The molecule has 0 radical (unpaired) electrons. The van der Waals surface area contributed by atoms with Gasteiger partial charge in [-0.2, -0.15) is 0 Å². The van der Waals surface area contributed by atoms with Crippen LogP contribution >= 0.6 is 0 Å². The molecule has 2 heterocycles. The van der Waals surface area contributed by atoms with Gasteiger partial charge < -0.3 is 14.9 Å². The molecule has 3 N–H and O–H groups in total. The third-order valence-electron chi connectivity index (χ3n) is 3.28. The molecular weight excluding hydrogens is 259 g/mol. The van der Waals surface area contributed by atoms with E-state index < -0.39 is 48.9 Å². The molecule has 1 fully saturated rings. The van der Waals surface area contributed by atoms with Crippen molar-refractivity contribution in [1.29, 1.82) is 0 Å². The fraction of sp³-hybridized carbons (Fsp3) is 0.636. The molecule has 0 spiro atoms. The van der Waals surface area contributed by atoms with E-state index in [2.05, 4.69) is 4.98 Å². The van der Waals surface area contributed by atoms with Crippen molar-refractivity contribution in [2.45, 2.75) is 25.4 Å². The second-order valence-corrected chi connectivity index (χ2v) is 4.52. The van der Waals surface area contributed by atoms with Crippen molar-refractivity contribution in [2.24, 2.45) is 5.92 Å². The van der Waals surface area contributed by atoms with Gasteiger partial charge in [-0.25, -0.2) is 9.18 Å². The lowest BCUT2D eigenvalue weighted by molar-refractivity contribution is -0.0442. The molecule has 2 rings (SSSR count). The molecule has 1 aliphatic heterocycles. The number of rotatable bonds is 3. The minimum Gasteiger partial charge on any atom is -0.396 e. The predicted octanol–water partition coefficient (Wildman–Crippen LogP) is -1.32. The van der Waals surface area contributed by atoms with Crippen LogP contribution in [0.25, 0.3) is 0 Å². The summed E-state index contributed by atoms with van der Waals surface area (Å²) in [6.07, 6.45) is -2.60. The van der Waals surface area contributed by atoms with Crippen LogP contribution < -0.4 is 11.2 Å². The van der Waals surface area contributed by atoms with Crippen LogP contribution in [0.3, 0.4) is 0 Å².